The van der Waals surface area contributed by atoms with Gasteiger partial charge in [0.25, 0.3) is 0 Å². The molecule has 4 rings (SSSR count). The fourth-order valence-electron chi connectivity index (χ4n) is 4.86. The largest absolute Gasteiger partial charge is 0.494 e. The number of alkyl halides is 1. The minimum atomic E-state index is -0.549. The maximum absolute atomic E-state index is 12.2. The predicted molar refractivity (Wildman–Crippen MR) is 134 cm³/mol. The molecule has 2 aliphatic rings. The average Bonchev–Trinajstić information content (AvgIpc) is 3.42. The van der Waals surface area contributed by atoms with E-state index in [-0.39, 0.29) is 24.8 Å². The summed E-state index contributed by atoms with van der Waals surface area (Å²) in [4.78, 5) is 18.6. The van der Waals surface area contributed by atoms with Crippen LogP contribution in [0.5, 0.6) is 5.75 Å². The van der Waals surface area contributed by atoms with Crippen molar-refractivity contribution in [1.82, 2.24) is 15.5 Å². The van der Waals surface area contributed by atoms with Crippen molar-refractivity contribution >= 4 is 26.5 Å². The zero-order valence-corrected chi connectivity index (χ0v) is 21.3. The molecule has 2 aromatic rings. The van der Waals surface area contributed by atoms with E-state index in [1.54, 1.807) is 0 Å². The fraction of sp³-hybridized carbons (Fsp3) is 0.640. The molecule has 1 aromatic heterocycles. The summed E-state index contributed by atoms with van der Waals surface area (Å²) in [6.45, 7) is 6.34. The number of hydrogen-bond acceptors (Lipinski definition) is 6. The van der Waals surface area contributed by atoms with E-state index in [4.69, 9.17) is 9.26 Å². The highest BCUT2D eigenvalue weighted by atomic mass is 31.0. The number of halogens is 1. The highest BCUT2D eigenvalue weighted by molar-refractivity contribution is 7.27. The quantitative estimate of drug-likeness (QED) is 0.485. The van der Waals surface area contributed by atoms with Crippen molar-refractivity contribution in [3.8, 4) is 5.75 Å². The number of carbonyl (C=O) groups excluding carboxylic acids is 1. The lowest BCUT2D eigenvalue weighted by molar-refractivity contribution is -0.120. The van der Waals surface area contributed by atoms with Crippen LogP contribution >= 0.6 is 9.24 Å². The Morgan fingerprint density at radius 2 is 2.15 bits per heavy atom. The van der Waals surface area contributed by atoms with Gasteiger partial charge in [0, 0.05) is 25.6 Å². The molecule has 1 saturated carbocycles. The Morgan fingerprint density at radius 3 is 2.82 bits per heavy atom. The van der Waals surface area contributed by atoms with E-state index in [0.717, 1.165) is 59.7 Å². The number of rotatable bonds is 11. The summed E-state index contributed by atoms with van der Waals surface area (Å²) in [7, 11) is 2.66. The Bertz CT molecular complexity index is 961. The first-order valence-corrected chi connectivity index (χ1v) is 12.9. The van der Waals surface area contributed by atoms with E-state index < -0.39 is 6.67 Å². The first-order valence-electron chi connectivity index (χ1n) is 12.4. The SMILES string of the molecule is CC(C)c1noc(N2CCC(C3CC3CCOc3ccc(CC(=O)NCCF)c(P)c3)CC2)n1. The lowest BCUT2D eigenvalue weighted by Crippen LogP contribution is -2.34. The molecular weight excluding hydrogens is 454 g/mol. The highest BCUT2D eigenvalue weighted by Gasteiger charge is 2.43. The Morgan fingerprint density at radius 1 is 1.35 bits per heavy atom. The molecule has 34 heavy (non-hydrogen) atoms. The van der Waals surface area contributed by atoms with Crippen LogP contribution in [0.3, 0.4) is 0 Å². The Labute approximate surface area is 203 Å². The lowest BCUT2D eigenvalue weighted by atomic mass is 9.90. The third-order valence-electron chi connectivity index (χ3n) is 6.98. The van der Waals surface area contributed by atoms with Crippen molar-refractivity contribution in [2.45, 2.75) is 51.9 Å². The molecule has 1 amide bonds. The summed E-state index contributed by atoms with van der Waals surface area (Å²) in [6.07, 6.45) is 4.98. The molecule has 1 N–H and O–H groups in total. The normalized spacial score (nSPS) is 20.6. The van der Waals surface area contributed by atoms with Gasteiger partial charge in [0.05, 0.1) is 13.0 Å². The lowest BCUT2D eigenvalue weighted by Gasteiger charge is -2.30. The van der Waals surface area contributed by atoms with E-state index in [9.17, 15) is 9.18 Å². The number of nitrogens with one attached hydrogen (secondary N) is 1. The molecule has 3 atom stereocenters. The summed E-state index contributed by atoms with van der Waals surface area (Å²) in [5.41, 5.74) is 0.906. The number of piperidine rings is 1. The summed E-state index contributed by atoms with van der Waals surface area (Å²) >= 11 is 0. The van der Waals surface area contributed by atoms with Crippen LogP contribution in [-0.2, 0) is 11.2 Å². The summed E-state index contributed by atoms with van der Waals surface area (Å²) in [6, 6.07) is 6.44. The van der Waals surface area contributed by atoms with Crippen LogP contribution < -0.4 is 20.3 Å². The monoisotopic (exact) mass is 490 g/mol. The highest BCUT2D eigenvalue weighted by Crippen LogP contribution is 2.50. The second kappa shape index (κ2) is 11.5. The Hall–Kier alpha value is -2.21. The van der Waals surface area contributed by atoms with Gasteiger partial charge >= 0.3 is 6.01 Å². The smallest absolute Gasteiger partial charge is 0.324 e. The third-order valence-corrected chi connectivity index (χ3v) is 7.52. The molecule has 186 valence electrons. The van der Waals surface area contributed by atoms with Crippen molar-refractivity contribution in [1.29, 1.82) is 0 Å². The van der Waals surface area contributed by atoms with Crippen LogP contribution in [0.15, 0.2) is 22.7 Å². The summed E-state index contributed by atoms with van der Waals surface area (Å²) in [5.74, 6) is 4.05. The molecule has 7 nitrogen and oxygen atoms in total. The van der Waals surface area contributed by atoms with Gasteiger partial charge in [-0.1, -0.05) is 25.1 Å². The van der Waals surface area contributed by atoms with E-state index in [2.05, 4.69) is 43.4 Å². The van der Waals surface area contributed by atoms with Gasteiger partial charge in [0.15, 0.2) is 5.82 Å². The first kappa shape index (κ1) is 24.9. The summed E-state index contributed by atoms with van der Waals surface area (Å²) < 4.78 is 23.6. The van der Waals surface area contributed by atoms with Gasteiger partial charge in [-0.2, -0.15) is 4.98 Å². The number of ether oxygens (including phenoxy) is 1. The van der Waals surface area contributed by atoms with Gasteiger partial charge < -0.3 is 19.5 Å². The van der Waals surface area contributed by atoms with Crippen molar-refractivity contribution < 1.29 is 18.4 Å². The molecule has 2 heterocycles. The van der Waals surface area contributed by atoms with Gasteiger partial charge in [-0.15, -0.1) is 9.24 Å². The van der Waals surface area contributed by atoms with Crippen molar-refractivity contribution in [3.05, 3.63) is 29.6 Å². The number of benzene rings is 1. The Balaban J connectivity index is 1.15. The molecule has 0 radical (unpaired) electrons. The van der Waals surface area contributed by atoms with Gasteiger partial charge in [-0.05, 0) is 66.4 Å². The first-order chi connectivity index (χ1) is 16.4. The van der Waals surface area contributed by atoms with Gasteiger partial charge in [0.2, 0.25) is 5.91 Å². The molecule has 2 fully saturated rings. The molecule has 1 aliphatic carbocycles. The van der Waals surface area contributed by atoms with E-state index in [1.807, 2.05) is 18.2 Å². The second-order valence-corrected chi connectivity index (χ2v) is 10.4. The number of nitrogens with zero attached hydrogens (tertiary/aromatic N) is 3. The van der Waals surface area contributed by atoms with Gasteiger partial charge in [-0.25, -0.2) is 4.39 Å². The number of amides is 1. The zero-order chi connectivity index (χ0) is 24.1. The molecule has 9 heteroatoms. The maximum atomic E-state index is 12.2. The molecule has 3 unspecified atom stereocenters. The number of carbonyl (C=O) groups is 1. The van der Waals surface area contributed by atoms with Crippen LogP contribution in [0.2, 0.25) is 0 Å². The number of hydrogen-bond donors (Lipinski definition) is 1. The number of anilines is 1. The van der Waals surface area contributed by atoms with Crippen LogP contribution in [0, 0.1) is 17.8 Å². The van der Waals surface area contributed by atoms with Gasteiger partial charge in [0.1, 0.15) is 12.4 Å². The minimum Gasteiger partial charge on any atom is -0.494 e. The van der Waals surface area contributed by atoms with Gasteiger partial charge in [-0.3, -0.25) is 4.79 Å². The standard InChI is InChI=1S/C25H36FN4O3P/c1-16(2)24-28-25(33-29-24)30-10-5-17(6-11-30)21-13-18(21)7-12-32-20-4-3-19(22(34)15-20)14-23(31)27-9-8-26/h3-4,15-18,21H,5-14,34H2,1-2H3,(H,27,31). The molecule has 0 spiro atoms. The minimum absolute atomic E-state index is 0.0608. The molecule has 1 aliphatic heterocycles. The maximum Gasteiger partial charge on any atom is 0.324 e. The third kappa shape index (κ3) is 6.47. The van der Waals surface area contributed by atoms with Crippen LogP contribution in [-0.4, -0.2) is 49.0 Å². The van der Waals surface area contributed by atoms with E-state index in [0.29, 0.717) is 12.6 Å². The second-order valence-electron chi connectivity index (χ2n) is 9.79. The van der Waals surface area contributed by atoms with Crippen molar-refractivity contribution in [3.63, 3.8) is 0 Å². The van der Waals surface area contributed by atoms with Crippen LogP contribution in [0.4, 0.5) is 10.4 Å². The molecule has 1 saturated heterocycles. The van der Waals surface area contributed by atoms with Crippen molar-refractivity contribution in [2.75, 3.05) is 37.8 Å². The predicted octanol–water partition coefficient (Wildman–Crippen LogP) is 3.64. The topological polar surface area (TPSA) is 80.5 Å². The molecular formula is C25H36FN4O3P. The molecule has 1 aromatic carbocycles. The van der Waals surface area contributed by atoms with E-state index >= 15 is 0 Å². The number of aromatic nitrogens is 2. The average molecular weight is 491 g/mol. The zero-order valence-electron chi connectivity index (χ0n) is 20.1. The fourth-order valence-corrected chi connectivity index (χ4v) is 5.23. The van der Waals surface area contributed by atoms with E-state index in [1.165, 1.54) is 19.3 Å². The van der Waals surface area contributed by atoms with Crippen molar-refractivity contribution in [2.24, 2.45) is 17.8 Å². The molecule has 0 bridgehead atoms. The van der Waals surface area contributed by atoms with Crippen LogP contribution in [0.25, 0.3) is 0 Å². The van der Waals surface area contributed by atoms with Crippen LogP contribution in [0.1, 0.15) is 56.8 Å². The summed E-state index contributed by atoms with van der Waals surface area (Å²) in [5, 5.41) is 7.58. The Kier molecular flexibility index (Phi) is 8.41.